The number of cyclic esters (lactones) is 1. The number of fused-ring (bicyclic) bond motifs is 4. The highest BCUT2D eigenvalue weighted by Gasteiger charge is 2.79. The molecule has 488 valence electrons. The van der Waals surface area contributed by atoms with Crippen molar-refractivity contribution in [2.75, 3.05) is 20.3 Å². The lowest BCUT2D eigenvalue weighted by Crippen LogP contribution is -2.67. The summed E-state index contributed by atoms with van der Waals surface area (Å²) in [6, 6.07) is 0. The quantitative estimate of drug-likeness (QED) is 0.0459. The predicted octanol–water partition coefficient (Wildman–Crippen LogP) is -0.0863. The fourth-order valence-corrected chi connectivity index (χ4v) is 17.4. The number of rotatable bonds is 19. The molecular weight excluding hydrogens is 1170 g/mol. The molecule has 9 rings (SSSR count). The maximum absolute atomic E-state index is 14.4. The van der Waals surface area contributed by atoms with Crippen LogP contribution in [-0.4, -0.2) is 233 Å². The Labute approximate surface area is 494 Å². The second kappa shape index (κ2) is 24.5. The van der Waals surface area contributed by atoms with E-state index in [9.17, 15) is 76.4 Å². The number of ether oxygens (including phenoxy) is 10. The molecule has 0 aromatic carbocycles. The molecule has 4 aliphatic carbocycles. The van der Waals surface area contributed by atoms with Gasteiger partial charge in [-0.15, -0.1) is 0 Å². The molecule has 3 saturated carbocycles. The highest BCUT2D eigenvalue weighted by Crippen LogP contribution is 2.75. The first kappa shape index (κ1) is 67.3. The first-order valence-electron chi connectivity index (χ1n) is 29.4. The molecule has 28 nitrogen and oxygen atoms in total. The number of aliphatic hydroxyl groups is 8. The van der Waals surface area contributed by atoms with Crippen molar-refractivity contribution in [2.45, 2.75) is 255 Å². The summed E-state index contributed by atoms with van der Waals surface area (Å²) in [6.07, 6.45) is -28.9. The van der Waals surface area contributed by atoms with Crippen molar-refractivity contribution >= 4 is 32.6 Å². The van der Waals surface area contributed by atoms with Gasteiger partial charge in [-0.25, -0.2) is 8.37 Å². The molecule has 5 aliphatic heterocycles. The number of methoxy groups -OCH3 is 1. The molecule has 8 fully saturated rings. The van der Waals surface area contributed by atoms with Gasteiger partial charge in [-0.05, 0) is 94.3 Å². The number of allylic oxidation sites excluding steroid dienone is 2. The first-order valence-corrected chi connectivity index (χ1v) is 32.1. The molecule has 28 atom stereocenters. The highest BCUT2D eigenvalue weighted by atomic mass is 32.3. The van der Waals surface area contributed by atoms with Crippen LogP contribution in [0.25, 0.3) is 0 Å². The summed E-state index contributed by atoms with van der Waals surface area (Å²) in [5.41, 5.74) is -2.54. The molecule has 0 aromatic heterocycles. The van der Waals surface area contributed by atoms with Crippen LogP contribution < -0.4 is 0 Å². The van der Waals surface area contributed by atoms with Crippen molar-refractivity contribution in [3.8, 4) is 0 Å². The molecule has 0 amide bonds. The Balaban J connectivity index is 0.928. The van der Waals surface area contributed by atoms with Gasteiger partial charge in [-0.2, -0.15) is 16.8 Å². The first-order chi connectivity index (χ1) is 39.5. The number of Topliss-reactive ketones (excluding diaryl/α,β-unsaturated/α-hetero) is 1. The van der Waals surface area contributed by atoms with Crippen molar-refractivity contribution in [1.82, 2.24) is 0 Å². The molecule has 10 N–H and O–H groups in total. The van der Waals surface area contributed by atoms with E-state index in [-0.39, 0.29) is 35.4 Å². The standard InChI is InChI=1S/C55H88O28S2/c1-23(2)12-11-17-54(9)45-28(57)20-53(8)27-13-14-31-51(5,6)32(16-18-52(31,7)26(27)15-19-55(45,53)50(65)82-54)78-49-44(37(62)41(25(4)75-49)83-85(69,70)71)81-46-36(61)35(60)40(24(3)74-46)79-48-39(64)43(34(59)30(77-48)22-73-84(66,67)68)80-47-38(63)42(72-10)33(58)29(21-56)76-47/h13,23-26,29-49,56,58-64H,11-12,14-22H2,1-10H3,(H,66,67,68)(H,69,70,71)/t24-,25-,26-,29-,30-,31+,32+,33-,34-,35-,36-,37+,38-,39-,40-,41-,42+,43+,44-,45-,46+,47+,48+,49+,52-,53+,54+,55-/m1/s1. The Kier molecular flexibility index (Phi) is 19.4. The molecule has 85 heavy (non-hydrogen) atoms. The van der Waals surface area contributed by atoms with Gasteiger partial charge in [0.1, 0.15) is 96.8 Å². The third-order valence-electron chi connectivity index (χ3n) is 20.8. The Hall–Kier alpha value is -2.06. The van der Waals surface area contributed by atoms with Gasteiger partial charge in [0, 0.05) is 18.9 Å². The normalized spacial score (nSPS) is 49.1. The average Bonchev–Trinajstić information content (AvgIpc) is 1.66. The molecule has 9 aliphatic rings. The SMILES string of the molecule is CO[C@@H]1[C@@H](O)[C@H](O[C@@H]2[C@@H](O)[C@H](O[C@H]3[C@H](O)[C@@H](O)[C@H](O[C@H]4[C@H](O[C@H]5CC[C@]6(C)[C@@H]7CC[C@]89C(=O)O[C@@](C)(CCCC(C)C)[C@H]8C(=O)C[C@@]9(C)C7=CC[C@H]6C5(C)C)O[C@H](C)[C@@H](OS(=O)(=O)O)[C@@H]4O)O[C@@H]3C)O[C@H](COS(=O)(=O)O)[C@H]2O)O[C@H](CO)[C@H]1O. The lowest BCUT2D eigenvalue weighted by atomic mass is 9.41. The Bertz CT molecular complexity index is 2680. The van der Waals surface area contributed by atoms with Crippen LogP contribution in [0.1, 0.15) is 120 Å². The minimum atomic E-state index is -5.25. The summed E-state index contributed by atoms with van der Waals surface area (Å²) < 4.78 is 136. The van der Waals surface area contributed by atoms with E-state index in [1.54, 1.807) is 0 Å². The number of ketones is 1. The number of carbonyl (C=O) groups is 2. The average molecular weight is 1260 g/mol. The van der Waals surface area contributed by atoms with Crippen molar-refractivity contribution in [2.24, 2.45) is 45.3 Å². The summed E-state index contributed by atoms with van der Waals surface area (Å²) in [6.45, 7) is 15.4. The van der Waals surface area contributed by atoms with Crippen LogP contribution in [0.15, 0.2) is 11.6 Å². The van der Waals surface area contributed by atoms with Gasteiger partial charge in [0.25, 0.3) is 0 Å². The van der Waals surface area contributed by atoms with Crippen molar-refractivity contribution in [3.05, 3.63) is 11.6 Å². The van der Waals surface area contributed by atoms with Gasteiger partial charge in [0.15, 0.2) is 25.2 Å². The Morgan fingerprint density at radius 1 is 0.671 bits per heavy atom. The fourth-order valence-electron chi connectivity index (χ4n) is 16.6. The Morgan fingerprint density at radius 3 is 1.88 bits per heavy atom. The van der Waals surface area contributed by atoms with Crippen LogP contribution in [0, 0.1) is 45.3 Å². The second-order valence-corrected chi connectivity index (χ2v) is 28.9. The maximum atomic E-state index is 14.4. The van der Waals surface area contributed by atoms with Gasteiger partial charge in [0.2, 0.25) is 0 Å². The van der Waals surface area contributed by atoms with E-state index in [0.29, 0.717) is 44.4 Å². The van der Waals surface area contributed by atoms with Crippen LogP contribution in [0.3, 0.4) is 0 Å². The molecule has 1 spiro atoms. The lowest BCUT2D eigenvalue weighted by molar-refractivity contribution is -0.391. The minimum absolute atomic E-state index is 0.00293. The van der Waals surface area contributed by atoms with Crippen molar-refractivity contribution < 1.29 is 132 Å². The molecule has 0 unspecified atom stereocenters. The van der Waals surface area contributed by atoms with Gasteiger partial charge >= 0.3 is 26.8 Å². The second-order valence-electron chi connectivity index (χ2n) is 26.7. The van der Waals surface area contributed by atoms with Crippen LogP contribution in [0.2, 0.25) is 0 Å². The van der Waals surface area contributed by atoms with Crippen LogP contribution >= 0.6 is 0 Å². The topological polar surface area (TPSA) is 415 Å². The van der Waals surface area contributed by atoms with Crippen LogP contribution in [0.5, 0.6) is 0 Å². The zero-order valence-electron chi connectivity index (χ0n) is 49.4. The molecule has 5 heterocycles. The maximum Gasteiger partial charge on any atom is 0.397 e. The molecule has 0 aromatic rings. The monoisotopic (exact) mass is 1260 g/mol. The molecule has 5 saturated heterocycles. The van der Waals surface area contributed by atoms with Gasteiger partial charge < -0.3 is 88.2 Å². The smallest absolute Gasteiger partial charge is 0.397 e. The number of esters is 1. The van der Waals surface area contributed by atoms with Gasteiger partial charge in [-0.1, -0.05) is 59.6 Å². The molecule has 30 heteroatoms. The van der Waals surface area contributed by atoms with Crippen LogP contribution in [-0.2, 0) is 86.1 Å². The van der Waals surface area contributed by atoms with E-state index in [1.807, 2.05) is 6.92 Å². The lowest BCUT2D eigenvalue weighted by Gasteiger charge is -2.63. The number of carbonyl (C=O) groups excluding carboxylic acids is 2. The van der Waals surface area contributed by atoms with Gasteiger partial charge in [-0.3, -0.25) is 18.7 Å². The van der Waals surface area contributed by atoms with Crippen molar-refractivity contribution in [1.29, 1.82) is 0 Å². The minimum Gasteiger partial charge on any atom is -0.458 e. The largest absolute Gasteiger partial charge is 0.458 e. The summed E-state index contributed by atoms with van der Waals surface area (Å²) in [7, 11) is -9.30. The summed E-state index contributed by atoms with van der Waals surface area (Å²) >= 11 is 0. The van der Waals surface area contributed by atoms with E-state index < -0.39 is 191 Å². The van der Waals surface area contributed by atoms with E-state index in [4.69, 9.17) is 51.6 Å². The fraction of sp³-hybridized carbons (Fsp3) is 0.927. The zero-order chi connectivity index (χ0) is 62.6. The van der Waals surface area contributed by atoms with E-state index in [1.165, 1.54) is 13.8 Å². The summed E-state index contributed by atoms with van der Waals surface area (Å²) in [4.78, 5) is 28.8. The van der Waals surface area contributed by atoms with E-state index in [0.717, 1.165) is 25.5 Å². The predicted molar refractivity (Wildman–Crippen MR) is 286 cm³/mol. The number of hydrogen-bond donors (Lipinski definition) is 10. The Morgan fingerprint density at radius 2 is 1.26 bits per heavy atom. The van der Waals surface area contributed by atoms with Gasteiger partial charge in [0.05, 0.1) is 42.9 Å². The zero-order valence-corrected chi connectivity index (χ0v) is 51.1. The van der Waals surface area contributed by atoms with Crippen molar-refractivity contribution in [3.63, 3.8) is 0 Å². The third kappa shape index (κ3) is 12.1. The highest BCUT2D eigenvalue weighted by molar-refractivity contribution is 7.81. The van der Waals surface area contributed by atoms with E-state index in [2.05, 4.69) is 51.8 Å². The number of aliphatic hydroxyl groups excluding tert-OH is 8. The summed E-state index contributed by atoms with van der Waals surface area (Å²) in [5, 5.41) is 89.9. The molecule has 0 bridgehead atoms. The number of hydrogen-bond acceptors (Lipinski definition) is 26. The summed E-state index contributed by atoms with van der Waals surface area (Å²) in [5.74, 6) is -0.369. The van der Waals surface area contributed by atoms with E-state index >= 15 is 0 Å². The molecule has 0 radical (unpaired) electrons. The molecular formula is C55H88O28S2. The third-order valence-corrected chi connectivity index (χ3v) is 21.7. The van der Waals surface area contributed by atoms with Crippen LogP contribution in [0.4, 0.5) is 0 Å².